The number of carbonyl (C=O) groups is 1. The molecule has 0 bridgehead atoms. The second-order valence-electron chi connectivity index (χ2n) is 2.86. The van der Waals surface area contributed by atoms with Crippen molar-refractivity contribution in [3.8, 4) is 0 Å². The maximum Gasteiger partial charge on any atom is 0.191 e. The topological polar surface area (TPSA) is 26.3 Å². The molecule has 2 heteroatoms. The van der Waals surface area contributed by atoms with Gasteiger partial charge in [0.1, 0.15) is 6.10 Å². The third-order valence-electron chi connectivity index (χ3n) is 2.01. The molecule has 1 unspecified atom stereocenters. The van der Waals surface area contributed by atoms with Crippen LogP contribution in [0.15, 0.2) is 30.3 Å². The number of benzene rings is 1. The van der Waals surface area contributed by atoms with E-state index in [1.54, 1.807) is 7.11 Å². The maximum atomic E-state index is 11.7. The summed E-state index contributed by atoms with van der Waals surface area (Å²) in [6.07, 6.45) is 0.409. The van der Waals surface area contributed by atoms with Crippen molar-refractivity contribution in [2.24, 2.45) is 0 Å². The van der Waals surface area contributed by atoms with E-state index in [9.17, 15) is 4.79 Å². The Labute approximate surface area is 78.5 Å². The molecule has 0 spiro atoms. The zero-order chi connectivity index (χ0) is 9.68. The number of rotatable bonds is 4. The van der Waals surface area contributed by atoms with Gasteiger partial charge < -0.3 is 4.74 Å². The molecule has 1 aromatic rings. The van der Waals surface area contributed by atoms with E-state index in [-0.39, 0.29) is 11.9 Å². The summed E-state index contributed by atoms with van der Waals surface area (Å²) in [6, 6.07) is 9.23. The summed E-state index contributed by atoms with van der Waals surface area (Å²) in [4.78, 5) is 11.7. The smallest absolute Gasteiger partial charge is 0.191 e. The van der Waals surface area contributed by atoms with Crippen molar-refractivity contribution in [1.29, 1.82) is 0 Å². The highest BCUT2D eigenvalue weighted by Crippen LogP contribution is 2.07. The molecule has 0 fully saturated rings. The van der Waals surface area contributed by atoms with Crippen LogP contribution in [-0.2, 0) is 4.74 Å². The molecule has 1 rings (SSSR count). The van der Waals surface area contributed by atoms with Gasteiger partial charge in [-0.05, 0) is 6.42 Å². The molecule has 0 N–H and O–H groups in total. The first-order chi connectivity index (χ1) is 6.29. The molecule has 0 aliphatic rings. The first-order valence-corrected chi connectivity index (χ1v) is 4.41. The standard InChI is InChI=1S/C11H14O2/c1-3-10(13-2)11(12)9-7-5-4-6-8-9/h4-8,10H,3H2,1-2H3. The Morgan fingerprint density at radius 3 is 2.46 bits per heavy atom. The number of ketones is 1. The summed E-state index contributed by atoms with van der Waals surface area (Å²) < 4.78 is 5.07. The zero-order valence-corrected chi connectivity index (χ0v) is 7.99. The molecule has 0 aromatic heterocycles. The third-order valence-corrected chi connectivity index (χ3v) is 2.01. The summed E-state index contributed by atoms with van der Waals surface area (Å²) in [5.74, 6) is 0.0607. The van der Waals surface area contributed by atoms with Gasteiger partial charge >= 0.3 is 0 Å². The first-order valence-electron chi connectivity index (χ1n) is 4.41. The van der Waals surface area contributed by atoms with E-state index < -0.39 is 0 Å². The van der Waals surface area contributed by atoms with E-state index in [2.05, 4.69) is 0 Å². The summed E-state index contributed by atoms with van der Waals surface area (Å²) in [5.41, 5.74) is 0.719. The van der Waals surface area contributed by atoms with Crippen LogP contribution in [0.4, 0.5) is 0 Å². The molecular weight excluding hydrogens is 164 g/mol. The molecule has 0 radical (unpaired) electrons. The molecule has 2 nitrogen and oxygen atoms in total. The molecular formula is C11H14O2. The number of carbonyl (C=O) groups excluding carboxylic acids is 1. The van der Waals surface area contributed by atoms with Gasteiger partial charge in [0.25, 0.3) is 0 Å². The van der Waals surface area contributed by atoms with Crippen LogP contribution in [0, 0.1) is 0 Å². The van der Waals surface area contributed by atoms with Crippen LogP contribution >= 0.6 is 0 Å². The Morgan fingerprint density at radius 1 is 1.38 bits per heavy atom. The quantitative estimate of drug-likeness (QED) is 0.661. The van der Waals surface area contributed by atoms with Gasteiger partial charge in [-0.25, -0.2) is 0 Å². The van der Waals surface area contributed by atoms with E-state index in [4.69, 9.17) is 4.74 Å². The molecule has 70 valence electrons. The Balaban J connectivity index is 2.78. The SMILES string of the molecule is CCC(OC)C(=O)c1ccccc1. The van der Waals surface area contributed by atoms with Crippen molar-refractivity contribution in [2.45, 2.75) is 19.4 Å². The lowest BCUT2D eigenvalue weighted by Crippen LogP contribution is -2.21. The number of hydrogen-bond donors (Lipinski definition) is 0. The molecule has 0 saturated heterocycles. The van der Waals surface area contributed by atoms with Crippen LogP contribution < -0.4 is 0 Å². The fourth-order valence-electron chi connectivity index (χ4n) is 1.25. The second kappa shape index (κ2) is 4.77. The Morgan fingerprint density at radius 2 is 2.00 bits per heavy atom. The fourth-order valence-corrected chi connectivity index (χ4v) is 1.25. The van der Waals surface area contributed by atoms with Crippen molar-refractivity contribution >= 4 is 5.78 Å². The van der Waals surface area contributed by atoms with Crippen molar-refractivity contribution < 1.29 is 9.53 Å². The molecule has 0 heterocycles. The van der Waals surface area contributed by atoms with Gasteiger partial charge in [-0.1, -0.05) is 37.3 Å². The highest BCUT2D eigenvalue weighted by molar-refractivity contribution is 5.99. The highest BCUT2D eigenvalue weighted by atomic mass is 16.5. The largest absolute Gasteiger partial charge is 0.373 e. The minimum Gasteiger partial charge on any atom is -0.373 e. The number of ether oxygens (including phenoxy) is 1. The minimum atomic E-state index is -0.303. The van der Waals surface area contributed by atoms with E-state index in [1.165, 1.54) is 0 Å². The van der Waals surface area contributed by atoms with Crippen LogP contribution in [0.5, 0.6) is 0 Å². The molecule has 0 aliphatic heterocycles. The number of methoxy groups -OCH3 is 1. The van der Waals surface area contributed by atoms with Gasteiger partial charge in [-0.15, -0.1) is 0 Å². The Hall–Kier alpha value is -1.15. The average molecular weight is 178 g/mol. The van der Waals surface area contributed by atoms with E-state index in [0.29, 0.717) is 6.42 Å². The molecule has 0 saturated carbocycles. The van der Waals surface area contributed by atoms with Crippen LogP contribution in [0.25, 0.3) is 0 Å². The van der Waals surface area contributed by atoms with Gasteiger partial charge in [0.05, 0.1) is 0 Å². The van der Waals surface area contributed by atoms with Gasteiger partial charge in [0, 0.05) is 12.7 Å². The monoisotopic (exact) mass is 178 g/mol. The van der Waals surface area contributed by atoms with Gasteiger partial charge in [-0.3, -0.25) is 4.79 Å². The summed E-state index contributed by atoms with van der Waals surface area (Å²) in [5, 5.41) is 0. The first kappa shape index (κ1) is 9.93. The van der Waals surface area contributed by atoms with Crippen molar-refractivity contribution in [1.82, 2.24) is 0 Å². The van der Waals surface area contributed by atoms with E-state index in [0.717, 1.165) is 5.56 Å². The van der Waals surface area contributed by atoms with Gasteiger partial charge in [-0.2, -0.15) is 0 Å². The third kappa shape index (κ3) is 2.39. The minimum absolute atomic E-state index is 0.0607. The van der Waals surface area contributed by atoms with Crippen molar-refractivity contribution in [2.75, 3.05) is 7.11 Å². The average Bonchev–Trinajstić information content (AvgIpc) is 2.21. The molecule has 1 aromatic carbocycles. The lowest BCUT2D eigenvalue weighted by molar-refractivity contribution is 0.0595. The second-order valence-corrected chi connectivity index (χ2v) is 2.86. The summed E-state index contributed by atoms with van der Waals surface area (Å²) in [6.45, 7) is 1.94. The summed E-state index contributed by atoms with van der Waals surface area (Å²) >= 11 is 0. The van der Waals surface area contributed by atoms with Crippen molar-refractivity contribution in [3.63, 3.8) is 0 Å². The molecule has 1 atom stereocenters. The number of hydrogen-bond acceptors (Lipinski definition) is 2. The fraction of sp³-hybridized carbons (Fsp3) is 0.364. The van der Waals surface area contributed by atoms with Gasteiger partial charge in [0.2, 0.25) is 0 Å². The molecule has 0 amide bonds. The lowest BCUT2D eigenvalue weighted by Gasteiger charge is -2.10. The highest BCUT2D eigenvalue weighted by Gasteiger charge is 2.16. The van der Waals surface area contributed by atoms with Gasteiger partial charge in [0.15, 0.2) is 5.78 Å². The summed E-state index contributed by atoms with van der Waals surface area (Å²) in [7, 11) is 1.56. The molecule has 0 aliphatic carbocycles. The number of Topliss-reactive ketones (excluding diaryl/α,β-unsaturated/α-hetero) is 1. The predicted molar refractivity (Wildman–Crippen MR) is 51.9 cm³/mol. The van der Waals surface area contributed by atoms with Crippen LogP contribution in [0.2, 0.25) is 0 Å². The van der Waals surface area contributed by atoms with E-state index in [1.807, 2.05) is 37.3 Å². The Bertz CT molecular complexity index is 263. The lowest BCUT2D eigenvalue weighted by atomic mass is 10.0. The maximum absolute atomic E-state index is 11.7. The van der Waals surface area contributed by atoms with Crippen LogP contribution in [0.3, 0.4) is 0 Å². The van der Waals surface area contributed by atoms with Crippen molar-refractivity contribution in [3.05, 3.63) is 35.9 Å². The molecule has 13 heavy (non-hydrogen) atoms. The van der Waals surface area contributed by atoms with E-state index >= 15 is 0 Å². The zero-order valence-electron chi connectivity index (χ0n) is 7.99. The normalized spacial score (nSPS) is 12.5. The van der Waals surface area contributed by atoms with Crippen LogP contribution in [-0.4, -0.2) is 19.0 Å². The Kier molecular flexibility index (Phi) is 3.65. The predicted octanol–water partition coefficient (Wildman–Crippen LogP) is 2.29. The van der Waals surface area contributed by atoms with Crippen LogP contribution in [0.1, 0.15) is 23.7 Å².